The molecule has 3 aliphatic heterocycles. The van der Waals surface area contributed by atoms with Crippen LogP contribution in [0.1, 0.15) is 103 Å². The van der Waals surface area contributed by atoms with Gasteiger partial charge in [-0.15, -0.1) is 0 Å². The first-order valence-corrected chi connectivity index (χ1v) is 26.3. The SMILES string of the molecule is CC[C@]1(O)c2cc3n(c(=O)c2COC1O)Cc1c-3nc2cc(F)c(C)c3c2c1[C@@H](NC(=O)[C@@H](OCNC(=O)CNC(=O)[C@H](Cc1ccccc1)NC(=O)CNC(=O)CNC(=O)CCCCCN1C(=O)C=CC1=O)C1CC1)CC3. The first-order chi connectivity index (χ1) is 37.4. The molecule has 8 amide bonds. The number of benzene rings is 2. The molecular formula is C55H62FN9O13. The fourth-order valence-corrected chi connectivity index (χ4v) is 10.7. The minimum Gasteiger partial charge on any atom is -0.380 e. The molecule has 4 aromatic rings. The molecule has 1 unspecified atom stereocenters. The van der Waals surface area contributed by atoms with Crippen LogP contribution in [0.15, 0.2) is 59.4 Å². The monoisotopic (exact) mass is 1080 g/mol. The predicted molar refractivity (Wildman–Crippen MR) is 275 cm³/mol. The van der Waals surface area contributed by atoms with Crippen LogP contribution in [0.4, 0.5) is 4.39 Å². The lowest BCUT2D eigenvalue weighted by molar-refractivity contribution is -0.236. The number of carbonyl (C=O) groups excluding carboxylic acids is 8. The van der Waals surface area contributed by atoms with Crippen molar-refractivity contribution >= 4 is 58.2 Å². The lowest BCUT2D eigenvalue weighted by Gasteiger charge is -2.37. The quantitative estimate of drug-likeness (QED) is 0.0256. The standard InChI is InChI=1S/C55H62FN9O13/c1-3-55(76)35-21-40-49-33(26-65(40)53(74)34(35)27-77-54(55)75)48-37(16-15-32-29(2)36(56)22-38(62-49)47(32)48)63-52(73)50(31-13-14-31)78-28-60-43(68)24-59-51(72)39(20-30-10-6-4-7-11-30)61-44(69)25-58-42(67)23-57-41(66)12-8-5-9-19-64-45(70)17-18-46(64)71/h4,6-7,10-11,17-18,21-22,31,37,39,50,54,75-76H,3,5,8-9,12-16,19-20,23-28H2,1-2H3,(H,57,66)(H,58,67)(H,59,72)(H,60,68)(H,61,69)(H,63,73)/t37-,39-,50-,54?,55-/m0/s1. The van der Waals surface area contributed by atoms with Gasteiger partial charge in [-0.05, 0) is 86.1 Å². The maximum Gasteiger partial charge on any atom is 0.257 e. The highest BCUT2D eigenvalue weighted by Crippen LogP contribution is 2.46. The average Bonchev–Trinajstić information content (AvgIpc) is 4.33. The Morgan fingerprint density at radius 2 is 1.56 bits per heavy atom. The number of aliphatic hydroxyl groups excluding tert-OH is 1. The number of halogens is 1. The van der Waals surface area contributed by atoms with Crippen molar-refractivity contribution in [2.24, 2.45) is 5.92 Å². The second-order valence-electron chi connectivity index (χ2n) is 20.3. The van der Waals surface area contributed by atoms with Gasteiger partial charge in [0, 0.05) is 59.7 Å². The molecule has 5 atom stereocenters. The van der Waals surface area contributed by atoms with Crippen LogP contribution in [-0.4, -0.2) is 123 Å². The Hall–Kier alpha value is -7.73. The summed E-state index contributed by atoms with van der Waals surface area (Å²) >= 11 is 0. The topological polar surface area (TPSA) is 306 Å². The number of hydrogen-bond donors (Lipinski definition) is 8. The van der Waals surface area contributed by atoms with Crippen molar-refractivity contribution < 1.29 is 62.4 Å². The molecule has 8 N–H and O–H groups in total. The zero-order chi connectivity index (χ0) is 55.4. The van der Waals surface area contributed by atoms with Crippen molar-refractivity contribution in [3.8, 4) is 11.4 Å². The molecule has 0 spiro atoms. The number of rotatable bonds is 23. The van der Waals surface area contributed by atoms with E-state index in [1.807, 2.05) is 0 Å². The summed E-state index contributed by atoms with van der Waals surface area (Å²) in [5, 5.41) is 38.6. The van der Waals surface area contributed by atoms with Crippen molar-refractivity contribution in [1.29, 1.82) is 0 Å². The second kappa shape index (κ2) is 23.5. The van der Waals surface area contributed by atoms with Gasteiger partial charge in [0.15, 0.2) is 6.29 Å². The van der Waals surface area contributed by atoms with Crippen molar-refractivity contribution in [2.75, 3.05) is 32.9 Å². The molecule has 2 aromatic carbocycles. The molecular weight excluding hydrogens is 1010 g/mol. The van der Waals surface area contributed by atoms with Crippen LogP contribution in [0.25, 0.3) is 22.3 Å². The van der Waals surface area contributed by atoms with Gasteiger partial charge in [0.1, 0.15) is 30.3 Å². The number of carbonyl (C=O) groups is 8. The predicted octanol–water partition coefficient (Wildman–Crippen LogP) is 0.853. The first-order valence-electron chi connectivity index (χ1n) is 26.3. The Morgan fingerprint density at radius 3 is 2.29 bits per heavy atom. The Morgan fingerprint density at radius 1 is 0.859 bits per heavy atom. The number of amides is 8. The smallest absolute Gasteiger partial charge is 0.257 e. The number of ether oxygens (including phenoxy) is 2. The summed E-state index contributed by atoms with van der Waals surface area (Å²) < 4.78 is 28.5. The summed E-state index contributed by atoms with van der Waals surface area (Å²) in [6.07, 6.45) is 3.82. The van der Waals surface area contributed by atoms with Gasteiger partial charge in [-0.3, -0.25) is 48.1 Å². The second-order valence-corrected chi connectivity index (χ2v) is 20.3. The maximum absolute atomic E-state index is 15.5. The van der Waals surface area contributed by atoms with Crippen LogP contribution < -0.4 is 37.5 Å². The summed E-state index contributed by atoms with van der Waals surface area (Å²) in [5.74, 6) is -4.88. The fourth-order valence-electron chi connectivity index (χ4n) is 10.7. The zero-order valence-electron chi connectivity index (χ0n) is 43.2. The third-order valence-corrected chi connectivity index (χ3v) is 15.1. The highest BCUT2D eigenvalue weighted by atomic mass is 19.1. The van der Waals surface area contributed by atoms with Crippen molar-refractivity contribution in [1.82, 2.24) is 46.4 Å². The number of pyridine rings is 2. The minimum absolute atomic E-state index is 0.0425. The Balaban J connectivity index is 0.777. The lowest BCUT2D eigenvalue weighted by atomic mass is 9.81. The number of aryl methyl sites for hydroxylation is 1. The summed E-state index contributed by atoms with van der Waals surface area (Å²) in [6, 6.07) is 10.0. The largest absolute Gasteiger partial charge is 0.380 e. The number of nitrogens with one attached hydrogen (secondary N) is 6. The molecule has 2 aromatic heterocycles. The van der Waals surface area contributed by atoms with E-state index in [9.17, 15) is 53.4 Å². The van der Waals surface area contributed by atoms with Crippen LogP contribution in [0.3, 0.4) is 0 Å². The van der Waals surface area contributed by atoms with E-state index in [0.717, 1.165) is 10.5 Å². The van der Waals surface area contributed by atoms with Gasteiger partial charge < -0.3 is 56.2 Å². The van der Waals surface area contributed by atoms with E-state index in [0.29, 0.717) is 89.5 Å². The van der Waals surface area contributed by atoms with E-state index in [1.165, 1.54) is 22.8 Å². The van der Waals surface area contributed by atoms with Crippen molar-refractivity contribution in [3.63, 3.8) is 0 Å². The van der Waals surface area contributed by atoms with E-state index in [-0.39, 0.29) is 74.5 Å². The third kappa shape index (κ3) is 11.7. The Kier molecular flexibility index (Phi) is 16.6. The van der Waals surface area contributed by atoms with E-state index in [2.05, 4.69) is 31.9 Å². The minimum atomic E-state index is -1.86. The highest BCUT2D eigenvalue weighted by molar-refractivity contribution is 6.12. The molecule has 23 heteroatoms. The van der Waals surface area contributed by atoms with Crippen LogP contribution in [0.5, 0.6) is 0 Å². The Bertz CT molecular complexity index is 3160. The van der Waals surface area contributed by atoms with Gasteiger partial charge in [0.05, 0.1) is 55.7 Å². The van der Waals surface area contributed by atoms with Crippen LogP contribution >= 0.6 is 0 Å². The molecule has 412 valence electrons. The highest BCUT2D eigenvalue weighted by Gasteiger charge is 2.46. The number of unbranched alkanes of at least 4 members (excludes halogenated alkanes) is 2. The molecule has 22 nitrogen and oxygen atoms in total. The van der Waals surface area contributed by atoms with E-state index >= 15 is 4.39 Å². The lowest BCUT2D eigenvalue weighted by Crippen LogP contribution is -2.52. The Labute approximate surface area is 446 Å². The van der Waals surface area contributed by atoms with Gasteiger partial charge in [0.2, 0.25) is 35.4 Å². The number of aromatic nitrogens is 2. The summed E-state index contributed by atoms with van der Waals surface area (Å²) in [7, 11) is 0. The normalized spacial score (nSPS) is 19.6. The number of fused-ring (bicyclic) bond motifs is 5. The molecule has 1 saturated carbocycles. The van der Waals surface area contributed by atoms with Gasteiger partial charge >= 0.3 is 0 Å². The zero-order valence-corrected chi connectivity index (χ0v) is 43.2. The molecule has 1 fully saturated rings. The summed E-state index contributed by atoms with van der Waals surface area (Å²) in [4.78, 5) is 122. The maximum atomic E-state index is 15.5. The molecule has 0 saturated heterocycles. The molecule has 9 rings (SSSR count). The van der Waals surface area contributed by atoms with Crippen molar-refractivity contribution in [3.05, 3.63) is 110 Å². The molecule has 0 bridgehead atoms. The summed E-state index contributed by atoms with van der Waals surface area (Å²) in [6.45, 7) is 1.66. The molecule has 5 aliphatic rings. The van der Waals surface area contributed by atoms with Gasteiger partial charge in [-0.1, -0.05) is 43.7 Å². The molecule has 5 heterocycles. The van der Waals surface area contributed by atoms with Crippen LogP contribution in [-0.2, 0) is 79.4 Å². The third-order valence-electron chi connectivity index (χ3n) is 15.1. The van der Waals surface area contributed by atoms with Crippen LogP contribution in [0, 0.1) is 18.7 Å². The van der Waals surface area contributed by atoms with E-state index in [4.69, 9.17) is 14.5 Å². The number of aliphatic hydroxyl groups is 2. The average molecular weight is 1080 g/mol. The summed E-state index contributed by atoms with van der Waals surface area (Å²) in [5.41, 5.74) is 2.51. The van der Waals surface area contributed by atoms with Gasteiger partial charge in [-0.2, -0.15) is 0 Å². The first kappa shape index (κ1) is 55.0. The molecule has 78 heavy (non-hydrogen) atoms. The number of imide groups is 1. The van der Waals surface area contributed by atoms with Crippen LogP contribution in [0.2, 0.25) is 0 Å². The van der Waals surface area contributed by atoms with E-state index in [1.54, 1.807) is 50.2 Å². The fraction of sp³-hybridized carbons (Fsp3) is 0.455. The van der Waals surface area contributed by atoms with Gasteiger partial charge in [0.25, 0.3) is 17.4 Å². The number of nitrogens with zero attached hydrogens (tertiary/aromatic N) is 3. The van der Waals surface area contributed by atoms with Crippen molar-refractivity contribution in [2.45, 2.75) is 121 Å². The number of hydrogen-bond acceptors (Lipinski definition) is 14. The molecule has 2 aliphatic carbocycles. The van der Waals surface area contributed by atoms with Gasteiger partial charge in [-0.25, -0.2) is 9.37 Å². The van der Waals surface area contributed by atoms with E-state index < -0.39 is 96.5 Å². The molecule has 0 radical (unpaired) electrons.